The molecule has 0 fully saturated rings. The van der Waals surface area contributed by atoms with E-state index in [4.69, 9.17) is 4.74 Å². The molecule has 0 spiro atoms. The first-order valence-electron chi connectivity index (χ1n) is 8.51. The normalized spacial score (nSPS) is 10.6. The van der Waals surface area contributed by atoms with Crippen LogP contribution in [0.3, 0.4) is 0 Å². The topological polar surface area (TPSA) is 64.1 Å². The van der Waals surface area contributed by atoms with Crippen LogP contribution < -0.4 is 10.1 Å². The Labute approximate surface area is 157 Å². The Morgan fingerprint density at radius 1 is 1.00 bits per heavy atom. The number of nitrogens with zero attached hydrogens (tertiary/aromatic N) is 2. The van der Waals surface area contributed by atoms with Gasteiger partial charge in [-0.15, -0.1) is 0 Å². The van der Waals surface area contributed by atoms with Crippen LogP contribution in [0.25, 0.3) is 0 Å². The molecule has 3 aromatic rings. The minimum atomic E-state index is -0.497. The Kier molecular flexibility index (Phi) is 5.16. The summed E-state index contributed by atoms with van der Waals surface area (Å²) in [6.07, 6.45) is 0. The lowest BCUT2D eigenvalue weighted by Crippen LogP contribution is -2.16. The van der Waals surface area contributed by atoms with Crippen LogP contribution in [-0.4, -0.2) is 15.9 Å². The van der Waals surface area contributed by atoms with Gasteiger partial charge >= 0.3 is 6.01 Å². The zero-order valence-corrected chi connectivity index (χ0v) is 15.6. The maximum absolute atomic E-state index is 13.7. The molecule has 6 heteroatoms. The molecule has 1 N–H and O–H groups in total. The van der Waals surface area contributed by atoms with Crippen LogP contribution in [0.1, 0.15) is 32.9 Å². The largest absolute Gasteiger partial charge is 0.421 e. The van der Waals surface area contributed by atoms with Gasteiger partial charge < -0.3 is 10.1 Å². The molecule has 0 aliphatic carbocycles. The van der Waals surface area contributed by atoms with E-state index in [-0.39, 0.29) is 17.7 Å². The van der Waals surface area contributed by atoms with Crippen LogP contribution in [-0.2, 0) is 0 Å². The van der Waals surface area contributed by atoms with E-state index in [2.05, 4.69) is 15.3 Å². The van der Waals surface area contributed by atoms with E-state index in [1.807, 2.05) is 26.0 Å². The lowest BCUT2D eigenvalue weighted by Gasteiger charge is -2.13. The van der Waals surface area contributed by atoms with Crippen molar-refractivity contribution in [3.05, 3.63) is 76.4 Å². The standard InChI is InChI=1S/C21H20FN3O2/c1-12-9-10-16(13(2)11-12)20(26)25-19-14(3)23-21(24-15(19)4)27-18-8-6-5-7-17(18)22/h5-11H,1-4H3,(H,25,26). The van der Waals surface area contributed by atoms with E-state index in [0.29, 0.717) is 22.6 Å². The highest BCUT2D eigenvalue weighted by atomic mass is 19.1. The molecule has 0 atom stereocenters. The maximum Gasteiger partial charge on any atom is 0.322 e. The minimum absolute atomic E-state index is 0.0274. The summed E-state index contributed by atoms with van der Waals surface area (Å²) < 4.78 is 19.2. The highest BCUT2D eigenvalue weighted by Crippen LogP contribution is 2.25. The van der Waals surface area contributed by atoms with Gasteiger partial charge in [0.1, 0.15) is 0 Å². The molecule has 0 bridgehead atoms. The van der Waals surface area contributed by atoms with Gasteiger partial charge in [-0.25, -0.2) is 4.39 Å². The second kappa shape index (κ2) is 7.53. The van der Waals surface area contributed by atoms with Gasteiger partial charge in [-0.3, -0.25) is 4.79 Å². The molecule has 3 rings (SSSR count). The molecule has 1 heterocycles. The number of para-hydroxylation sites is 1. The first-order chi connectivity index (χ1) is 12.8. The average Bonchev–Trinajstić information content (AvgIpc) is 2.60. The molecule has 1 aromatic heterocycles. The van der Waals surface area contributed by atoms with Gasteiger partial charge in [0.05, 0.1) is 17.1 Å². The molecule has 0 aliphatic heterocycles. The third-order valence-electron chi connectivity index (χ3n) is 4.15. The van der Waals surface area contributed by atoms with E-state index in [0.717, 1.165) is 11.1 Å². The van der Waals surface area contributed by atoms with Crippen molar-refractivity contribution in [1.82, 2.24) is 9.97 Å². The number of halogens is 1. The third kappa shape index (κ3) is 4.11. The van der Waals surface area contributed by atoms with Crippen LogP contribution in [0, 0.1) is 33.5 Å². The van der Waals surface area contributed by atoms with Crippen LogP contribution in [0.4, 0.5) is 10.1 Å². The quantitative estimate of drug-likeness (QED) is 0.715. The first-order valence-corrected chi connectivity index (χ1v) is 8.51. The molecular formula is C21H20FN3O2. The van der Waals surface area contributed by atoms with Crippen LogP contribution in [0.5, 0.6) is 11.8 Å². The van der Waals surface area contributed by atoms with Crippen LogP contribution >= 0.6 is 0 Å². The third-order valence-corrected chi connectivity index (χ3v) is 4.15. The summed E-state index contributed by atoms with van der Waals surface area (Å²) in [7, 11) is 0. The molecule has 27 heavy (non-hydrogen) atoms. The van der Waals surface area contributed by atoms with E-state index < -0.39 is 5.82 Å². The molecule has 1 amide bonds. The molecule has 0 unspecified atom stereocenters. The number of hydrogen-bond acceptors (Lipinski definition) is 4. The van der Waals surface area contributed by atoms with Crippen molar-refractivity contribution in [1.29, 1.82) is 0 Å². The number of ether oxygens (including phenoxy) is 1. The second-order valence-electron chi connectivity index (χ2n) is 6.36. The van der Waals surface area contributed by atoms with Crippen molar-refractivity contribution < 1.29 is 13.9 Å². The zero-order valence-electron chi connectivity index (χ0n) is 15.6. The predicted molar refractivity (Wildman–Crippen MR) is 102 cm³/mol. The summed E-state index contributed by atoms with van der Waals surface area (Å²) in [5, 5.41) is 2.86. The number of carbonyl (C=O) groups is 1. The number of aryl methyl sites for hydroxylation is 4. The maximum atomic E-state index is 13.7. The summed E-state index contributed by atoms with van der Waals surface area (Å²) in [6.45, 7) is 7.34. The van der Waals surface area contributed by atoms with Crippen molar-refractivity contribution in [2.75, 3.05) is 5.32 Å². The van der Waals surface area contributed by atoms with Crippen molar-refractivity contribution in [2.45, 2.75) is 27.7 Å². The second-order valence-corrected chi connectivity index (χ2v) is 6.36. The highest BCUT2D eigenvalue weighted by Gasteiger charge is 2.16. The molecular weight excluding hydrogens is 345 g/mol. The first kappa shape index (κ1) is 18.5. The average molecular weight is 365 g/mol. The molecule has 0 saturated carbocycles. The Bertz CT molecular complexity index is 995. The van der Waals surface area contributed by atoms with Gasteiger partial charge in [-0.2, -0.15) is 9.97 Å². The van der Waals surface area contributed by atoms with Gasteiger partial charge in [-0.1, -0.05) is 29.8 Å². The van der Waals surface area contributed by atoms with E-state index in [1.165, 1.54) is 12.1 Å². The number of anilines is 1. The smallest absolute Gasteiger partial charge is 0.322 e. The molecule has 0 radical (unpaired) electrons. The van der Waals surface area contributed by atoms with Crippen molar-refractivity contribution >= 4 is 11.6 Å². The summed E-state index contributed by atoms with van der Waals surface area (Å²) in [4.78, 5) is 21.1. The SMILES string of the molecule is Cc1ccc(C(=O)Nc2c(C)nc(Oc3ccccc3F)nc2C)c(C)c1. The molecule has 2 aromatic carbocycles. The molecule has 138 valence electrons. The van der Waals surface area contributed by atoms with E-state index >= 15 is 0 Å². The van der Waals surface area contributed by atoms with E-state index in [1.54, 1.807) is 32.0 Å². The van der Waals surface area contributed by atoms with Gasteiger partial charge in [0.25, 0.3) is 5.91 Å². The number of amides is 1. The van der Waals surface area contributed by atoms with E-state index in [9.17, 15) is 9.18 Å². The van der Waals surface area contributed by atoms with Crippen LogP contribution in [0.15, 0.2) is 42.5 Å². The summed E-state index contributed by atoms with van der Waals surface area (Å²) in [5.74, 6) is -0.683. The zero-order chi connectivity index (χ0) is 19.6. The number of aromatic nitrogens is 2. The lowest BCUT2D eigenvalue weighted by atomic mass is 10.1. The molecule has 5 nitrogen and oxygen atoms in total. The summed E-state index contributed by atoms with van der Waals surface area (Å²) >= 11 is 0. The number of rotatable bonds is 4. The fraction of sp³-hybridized carbons (Fsp3) is 0.190. The summed E-state index contributed by atoms with van der Waals surface area (Å²) in [6, 6.07) is 11.7. The number of carbonyl (C=O) groups excluding carboxylic acids is 1. The Balaban J connectivity index is 1.85. The predicted octanol–water partition coefficient (Wildman–Crippen LogP) is 4.89. The van der Waals surface area contributed by atoms with Gasteiger partial charge in [0.15, 0.2) is 11.6 Å². The van der Waals surface area contributed by atoms with Gasteiger partial charge in [0.2, 0.25) is 0 Å². The number of benzene rings is 2. The van der Waals surface area contributed by atoms with Crippen LogP contribution in [0.2, 0.25) is 0 Å². The summed E-state index contributed by atoms with van der Waals surface area (Å²) in [5.41, 5.74) is 4.16. The van der Waals surface area contributed by atoms with Crippen molar-refractivity contribution in [2.24, 2.45) is 0 Å². The number of nitrogens with one attached hydrogen (secondary N) is 1. The fourth-order valence-corrected chi connectivity index (χ4v) is 2.79. The van der Waals surface area contributed by atoms with Gasteiger partial charge in [0, 0.05) is 5.56 Å². The lowest BCUT2D eigenvalue weighted by molar-refractivity contribution is 0.102. The highest BCUT2D eigenvalue weighted by molar-refractivity contribution is 6.05. The monoisotopic (exact) mass is 365 g/mol. The van der Waals surface area contributed by atoms with Gasteiger partial charge in [-0.05, 0) is 51.5 Å². The van der Waals surface area contributed by atoms with Crippen molar-refractivity contribution in [3.8, 4) is 11.8 Å². The molecule has 0 aliphatic rings. The molecule has 0 saturated heterocycles. The number of hydrogen-bond donors (Lipinski definition) is 1. The Morgan fingerprint density at radius 2 is 1.67 bits per heavy atom. The minimum Gasteiger partial charge on any atom is -0.421 e. The fourth-order valence-electron chi connectivity index (χ4n) is 2.79. The van der Waals surface area contributed by atoms with Crippen molar-refractivity contribution in [3.63, 3.8) is 0 Å². The Morgan fingerprint density at radius 3 is 2.30 bits per heavy atom. The Hall–Kier alpha value is -3.28.